The molecule has 4 nitrogen and oxygen atoms in total. The van der Waals surface area contributed by atoms with Gasteiger partial charge in [0.2, 0.25) is 0 Å². The predicted molar refractivity (Wildman–Crippen MR) is 80.7 cm³/mol. The van der Waals surface area contributed by atoms with Gasteiger partial charge in [-0.3, -0.25) is 9.78 Å². The largest absolute Gasteiger partial charge is 0.324 e. The number of carbonyl (C=O) groups is 1. The number of amides is 1. The molecule has 2 rings (SSSR count). The van der Waals surface area contributed by atoms with E-state index in [1.54, 1.807) is 6.07 Å². The minimum absolute atomic E-state index is 0.135. The van der Waals surface area contributed by atoms with Crippen molar-refractivity contribution in [2.45, 2.75) is 26.8 Å². The lowest BCUT2D eigenvalue weighted by molar-refractivity contribution is 0.102. The van der Waals surface area contributed by atoms with Crippen molar-refractivity contribution >= 4 is 11.6 Å². The van der Waals surface area contributed by atoms with Gasteiger partial charge in [-0.2, -0.15) is 0 Å². The highest BCUT2D eigenvalue weighted by Crippen LogP contribution is 2.21. The minimum Gasteiger partial charge on any atom is -0.324 e. The molecule has 0 saturated heterocycles. The number of para-hydroxylation sites is 1. The van der Waals surface area contributed by atoms with E-state index in [-0.39, 0.29) is 11.9 Å². The molecule has 104 valence electrons. The molecule has 0 fully saturated rings. The van der Waals surface area contributed by atoms with Gasteiger partial charge in [0.05, 0.1) is 11.3 Å². The van der Waals surface area contributed by atoms with Crippen LogP contribution in [0, 0.1) is 13.8 Å². The molecule has 1 unspecified atom stereocenters. The summed E-state index contributed by atoms with van der Waals surface area (Å²) in [5, 5.41) is 2.91. The molecule has 1 aromatic carbocycles. The zero-order valence-electron chi connectivity index (χ0n) is 12.0. The zero-order valence-corrected chi connectivity index (χ0v) is 12.0. The molecule has 2 aromatic rings. The van der Waals surface area contributed by atoms with Crippen molar-refractivity contribution in [3.05, 3.63) is 58.9 Å². The van der Waals surface area contributed by atoms with Crippen molar-refractivity contribution in [3.8, 4) is 0 Å². The molecule has 0 aliphatic heterocycles. The summed E-state index contributed by atoms with van der Waals surface area (Å²) in [5.74, 6) is -0.164. The molecule has 4 heteroatoms. The van der Waals surface area contributed by atoms with Crippen LogP contribution in [0.3, 0.4) is 0 Å². The number of carbonyl (C=O) groups excluding carboxylic acids is 1. The van der Waals surface area contributed by atoms with Crippen molar-refractivity contribution in [1.29, 1.82) is 0 Å². The summed E-state index contributed by atoms with van der Waals surface area (Å²) < 4.78 is 0. The second kappa shape index (κ2) is 5.84. The van der Waals surface area contributed by atoms with E-state index in [0.717, 1.165) is 22.6 Å². The smallest absolute Gasteiger partial charge is 0.257 e. The Hall–Kier alpha value is -2.20. The molecule has 0 radical (unpaired) electrons. The van der Waals surface area contributed by atoms with Crippen LogP contribution in [0.1, 0.15) is 40.3 Å². The number of rotatable bonds is 3. The molecule has 0 spiro atoms. The van der Waals surface area contributed by atoms with Gasteiger partial charge < -0.3 is 11.1 Å². The number of anilines is 1. The summed E-state index contributed by atoms with van der Waals surface area (Å²) in [7, 11) is 0. The average molecular weight is 269 g/mol. The second-order valence-electron chi connectivity index (χ2n) is 4.92. The molecule has 3 N–H and O–H groups in total. The zero-order chi connectivity index (χ0) is 14.7. The molecule has 0 aliphatic carbocycles. The van der Waals surface area contributed by atoms with Crippen molar-refractivity contribution in [2.24, 2.45) is 5.73 Å². The third-order valence-corrected chi connectivity index (χ3v) is 3.17. The normalized spacial score (nSPS) is 12.0. The van der Waals surface area contributed by atoms with E-state index in [0.29, 0.717) is 5.56 Å². The highest BCUT2D eigenvalue weighted by Gasteiger charge is 2.13. The van der Waals surface area contributed by atoms with Gasteiger partial charge in [-0.25, -0.2) is 0 Å². The third kappa shape index (κ3) is 3.03. The second-order valence-corrected chi connectivity index (χ2v) is 4.92. The first-order valence-corrected chi connectivity index (χ1v) is 6.59. The van der Waals surface area contributed by atoms with Crippen LogP contribution < -0.4 is 11.1 Å². The lowest BCUT2D eigenvalue weighted by Gasteiger charge is -2.14. The van der Waals surface area contributed by atoms with E-state index >= 15 is 0 Å². The Labute approximate surface area is 119 Å². The number of hydrogen-bond donors (Lipinski definition) is 2. The van der Waals surface area contributed by atoms with Crippen molar-refractivity contribution < 1.29 is 4.79 Å². The first-order valence-electron chi connectivity index (χ1n) is 6.59. The molecule has 20 heavy (non-hydrogen) atoms. The number of aromatic nitrogens is 1. The van der Waals surface area contributed by atoms with Crippen molar-refractivity contribution in [2.75, 3.05) is 5.32 Å². The van der Waals surface area contributed by atoms with Gasteiger partial charge in [-0.1, -0.05) is 18.2 Å². The molecular weight excluding hydrogens is 250 g/mol. The number of benzene rings is 1. The summed E-state index contributed by atoms with van der Waals surface area (Å²) >= 11 is 0. The van der Waals surface area contributed by atoms with Crippen LogP contribution in [0.15, 0.2) is 36.4 Å². The van der Waals surface area contributed by atoms with E-state index in [1.165, 1.54) is 0 Å². The van der Waals surface area contributed by atoms with E-state index in [4.69, 9.17) is 5.73 Å². The van der Waals surface area contributed by atoms with Gasteiger partial charge in [0.25, 0.3) is 5.91 Å². The van der Waals surface area contributed by atoms with E-state index < -0.39 is 0 Å². The maximum Gasteiger partial charge on any atom is 0.257 e. The summed E-state index contributed by atoms with van der Waals surface area (Å²) in [6, 6.07) is 11.0. The van der Waals surface area contributed by atoms with E-state index in [2.05, 4.69) is 10.3 Å². The monoisotopic (exact) mass is 269 g/mol. The standard InChI is InChI=1S/C16H19N3O/c1-10-8-9-14(12(3)18-10)16(20)19-15-7-5-4-6-13(15)11(2)17/h4-9,11H,17H2,1-3H3,(H,19,20). The molecule has 1 heterocycles. The summed E-state index contributed by atoms with van der Waals surface area (Å²) in [6.07, 6.45) is 0. The number of pyridine rings is 1. The Morgan fingerprint density at radius 1 is 1.20 bits per heavy atom. The van der Waals surface area contributed by atoms with Gasteiger partial charge in [0.1, 0.15) is 0 Å². The highest BCUT2D eigenvalue weighted by atomic mass is 16.1. The van der Waals surface area contributed by atoms with Gasteiger partial charge in [-0.15, -0.1) is 0 Å². The topological polar surface area (TPSA) is 68.0 Å². The fourth-order valence-electron chi connectivity index (χ4n) is 2.12. The average Bonchev–Trinajstić information content (AvgIpc) is 2.38. The number of aryl methyl sites for hydroxylation is 2. The number of hydrogen-bond acceptors (Lipinski definition) is 3. The Balaban J connectivity index is 2.28. The lowest BCUT2D eigenvalue weighted by Crippen LogP contribution is -2.17. The number of nitrogens with two attached hydrogens (primary N) is 1. The number of nitrogens with zero attached hydrogens (tertiary/aromatic N) is 1. The fourth-order valence-corrected chi connectivity index (χ4v) is 2.12. The Bertz CT molecular complexity index is 635. The maximum absolute atomic E-state index is 12.3. The minimum atomic E-state index is -0.164. The van der Waals surface area contributed by atoms with E-state index in [1.807, 2.05) is 51.1 Å². The quantitative estimate of drug-likeness (QED) is 0.900. The molecule has 0 bridgehead atoms. The molecule has 0 saturated carbocycles. The molecule has 1 atom stereocenters. The van der Waals surface area contributed by atoms with Crippen molar-refractivity contribution in [1.82, 2.24) is 4.98 Å². The molecule has 0 aliphatic rings. The Morgan fingerprint density at radius 2 is 1.90 bits per heavy atom. The van der Waals surface area contributed by atoms with Gasteiger partial charge in [0.15, 0.2) is 0 Å². The van der Waals surface area contributed by atoms with Gasteiger partial charge >= 0.3 is 0 Å². The predicted octanol–water partition coefficient (Wildman–Crippen LogP) is 2.97. The number of nitrogens with one attached hydrogen (secondary N) is 1. The molecular formula is C16H19N3O. The third-order valence-electron chi connectivity index (χ3n) is 3.17. The van der Waals surface area contributed by atoms with Crippen LogP contribution in [0.25, 0.3) is 0 Å². The first kappa shape index (κ1) is 14.2. The van der Waals surface area contributed by atoms with Crippen LogP contribution in [0.2, 0.25) is 0 Å². The Kier molecular flexibility index (Phi) is 4.15. The van der Waals surface area contributed by atoms with Gasteiger partial charge in [0, 0.05) is 17.4 Å². The van der Waals surface area contributed by atoms with Crippen LogP contribution >= 0.6 is 0 Å². The lowest BCUT2D eigenvalue weighted by atomic mass is 10.1. The molecule has 1 aromatic heterocycles. The summed E-state index contributed by atoms with van der Waals surface area (Å²) in [4.78, 5) is 16.6. The maximum atomic E-state index is 12.3. The van der Waals surface area contributed by atoms with Crippen LogP contribution in [0.4, 0.5) is 5.69 Å². The SMILES string of the molecule is Cc1ccc(C(=O)Nc2ccccc2C(C)N)c(C)n1. The highest BCUT2D eigenvalue weighted by molar-refractivity contribution is 6.05. The fraction of sp³-hybridized carbons (Fsp3) is 0.250. The van der Waals surface area contributed by atoms with Crippen LogP contribution in [0.5, 0.6) is 0 Å². The van der Waals surface area contributed by atoms with Crippen LogP contribution in [-0.4, -0.2) is 10.9 Å². The van der Waals surface area contributed by atoms with Crippen molar-refractivity contribution in [3.63, 3.8) is 0 Å². The molecule has 1 amide bonds. The van der Waals surface area contributed by atoms with E-state index in [9.17, 15) is 4.79 Å². The first-order chi connectivity index (χ1) is 9.49. The van der Waals surface area contributed by atoms with Crippen LogP contribution in [-0.2, 0) is 0 Å². The van der Waals surface area contributed by atoms with Gasteiger partial charge in [-0.05, 0) is 44.5 Å². The summed E-state index contributed by atoms with van der Waals surface area (Å²) in [5.41, 5.74) is 9.77. The summed E-state index contributed by atoms with van der Waals surface area (Å²) in [6.45, 7) is 5.63. The Morgan fingerprint density at radius 3 is 2.55 bits per heavy atom.